The zero-order valence-corrected chi connectivity index (χ0v) is 14.0. The van der Waals surface area contributed by atoms with Crippen LogP contribution in [0.25, 0.3) is 0 Å². The van der Waals surface area contributed by atoms with Gasteiger partial charge in [-0.1, -0.05) is 0 Å². The fraction of sp³-hybridized carbons (Fsp3) is 0.263. The highest BCUT2D eigenvalue weighted by atomic mass is 16.5. The molecule has 0 heterocycles. The maximum absolute atomic E-state index is 11.0. The van der Waals surface area contributed by atoms with Gasteiger partial charge < -0.3 is 20.9 Å². The van der Waals surface area contributed by atoms with E-state index in [9.17, 15) is 4.79 Å². The zero-order valence-electron chi connectivity index (χ0n) is 14.0. The molecular formula is C19H23N3O3. The van der Waals surface area contributed by atoms with Gasteiger partial charge >= 0.3 is 0 Å². The Labute approximate surface area is 147 Å². The third kappa shape index (κ3) is 6.18. The predicted molar refractivity (Wildman–Crippen MR) is 97.3 cm³/mol. The van der Waals surface area contributed by atoms with Crippen molar-refractivity contribution in [3.05, 3.63) is 59.7 Å². The van der Waals surface area contributed by atoms with Crippen LogP contribution in [0.2, 0.25) is 0 Å². The number of carbonyl (C=O) groups is 1. The van der Waals surface area contributed by atoms with E-state index >= 15 is 0 Å². The van der Waals surface area contributed by atoms with E-state index in [0.717, 1.165) is 30.8 Å². The quantitative estimate of drug-likeness (QED) is 0.350. The Morgan fingerprint density at radius 3 is 1.60 bits per heavy atom. The van der Waals surface area contributed by atoms with Gasteiger partial charge in [0.25, 0.3) is 0 Å². The number of benzene rings is 2. The number of carbonyl (C=O) groups excluding carboxylic acids is 1. The molecule has 5 N–H and O–H groups in total. The van der Waals surface area contributed by atoms with Gasteiger partial charge in [-0.05, 0) is 67.8 Å². The molecule has 0 saturated carbocycles. The van der Waals surface area contributed by atoms with E-state index in [1.807, 2.05) is 12.1 Å². The molecule has 0 fully saturated rings. The van der Waals surface area contributed by atoms with Crippen LogP contribution in [0, 0.1) is 5.41 Å². The number of nitrogens with two attached hydrogens (primary N) is 2. The summed E-state index contributed by atoms with van der Waals surface area (Å²) in [5, 5.41) is 7.33. The van der Waals surface area contributed by atoms with Crippen molar-refractivity contribution in [3.8, 4) is 11.5 Å². The predicted octanol–water partition coefficient (Wildman–Crippen LogP) is 2.70. The summed E-state index contributed by atoms with van der Waals surface area (Å²) in [6, 6.07) is 14.0. The highest BCUT2D eigenvalue weighted by Crippen LogP contribution is 2.14. The lowest BCUT2D eigenvalue weighted by atomic mass is 10.2. The fourth-order valence-electron chi connectivity index (χ4n) is 2.21. The molecule has 6 nitrogen and oxygen atoms in total. The Hall–Kier alpha value is -3.02. The van der Waals surface area contributed by atoms with E-state index in [4.69, 9.17) is 26.4 Å². The molecule has 0 aliphatic rings. The molecule has 2 aromatic carbocycles. The van der Waals surface area contributed by atoms with Crippen LogP contribution in [0.4, 0.5) is 0 Å². The van der Waals surface area contributed by atoms with Crippen LogP contribution in [0.3, 0.4) is 0 Å². The maximum Gasteiger partial charge on any atom is 0.248 e. The molecule has 0 aliphatic carbocycles. The van der Waals surface area contributed by atoms with E-state index in [1.165, 1.54) is 0 Å². The summed E-state index contributed by atoms with van der Waals surface area (Å²) in [6.07, 6.45) is 2.84. The third-order valence-electron chi connectivity index (χ3n) is 3.63. The molecule has 25 heavy (non-hydrogen) atoms. The molecule has 2 aromatic rings. The Kier molecular flexibility index (Phi) is 6.83. The van der Waals surface area contributed by atoms with Gasteiger partial charge in [-0.3, -0.25) is 10.2 Å². The molecule has 1 amide bonds. The molecule has 0 unspecified atom stereocenters. The summed E-state index contributed by atoms with van der Waals surface area (Å²) in [5.74, 6) is 1.11. The van der Waals surface area contributed by atoms with E-state index in [1.54, 1.807) is 36.4 Å². The molecule has 6 heteroatoms. The Morgan fingerprint density at radius 2 is 1.20 bits per heavy atom. The van der Waals surface area contributed by atoms with Crippen LogP contribution < -0.4 is 20.9 Å². The van der Waals surface area contributed by atoms with Crippen molar-refractivity contribution in [2.24, 2.45) is 11.5 Å². The van der Waals surface area contributed by atoms with Gasteiger partial charge in [0.15, 0.2) is 0 Å². The molecule has 0 saturated heterocycles. The number of hydrogen-bond acceptors (Lipinski definition) is 4. The summed E-state index contributed by atoms with van der Waals surface area (Å²) in [6.45, 7) is 1.25. The van der Waals surface area contributed by atoms with Crippen molar-refractivity contribution < 1.29 is 14.3 Å². The standard InChI is InChI=1S/C19H23N3O3/c20-18(21)14-4-8-16(9-5-14)24-12-2-1-3-13-25-17-10-6-15(7-11-17)19(22)23/h4-11H,1-3,12-13H2,(H3,20,21)(H2,22,23). The average Bonchev–Trinajstić information content (AvgIpc) is 2.61. The smallest absolute Gasteiger partial charge is 0.248 e. The lowest BCUT2D eigenvalue weighted by Gasteiger charge is -2.08. The number of amidine groups is 1. The van der Waals surface area contributed by atoms with Crippen molar-refractivity contribution in [2.75, 3.05) is 13.2 Å². The summed E-state index contributed by atoms with van der Waals surface area (Å²) >= 11 is 0. The van der Waals surface area contributed by atoms with Crippen LogP contribution in [0.1, 0.15) is 35.2 Å². The van der Waals surface area contributed by atoms with Crippen LogP contribution in [0.5, 0.6) is 11.5 Å². The van der Waals surface area contributed by atoms with Crippen molar-refractivity contribution in [2.45, 2.75) is 19.3 Å². The number of ether oxygens (including phenoxy) is 2. The number of unbranched alkanes of at least 4 members (excludes halogenated alkanes) is 2. The summed E-state index contributed by atoms with van der Waals surface area (Å²) in [5.41, 5.74) is 11.8. The van der Waals surface area contributed by atoms with Crippen molar-refractivity contribution in [1.29, 1.82) is 5.41 Å². The van der Waals surface area contributed by atoms with Crippen LogP contribution in [-0.2, 0) is 0 Å². The van der Waals surface area contributed by atoms with Gasteiger partial charge in [-0.25, -0.2) is 0 Å². The lowest BCUT2D eigenvalue weighted by molar-refractivity contribution is 0.100. The Balaban J connectivity index is 1.57. The third-order valence-corrected chi connectivity index (χ3v) is 3.63. The molecule has 0 atom stereocenters. The Bertz CT molecular complexity index is 635. The highest BCUT2D eigenvalue weighted by Gasteiger charge is 2.01. The minimum atomic E-state index is -0.442. The number of primary amides is 1. The highest BCUT2D eigenvalue weighted by molar-refractivity contribution is 5.95. The molecule has 0 bridgehead atoms. The molecule has 2 rings (SSSR count). The first-order valence-electron chi connectivity index (χ1n) is 8.16. The molecule has 0 aromatic heterocycles. The summed E-state index contributed by atoms with van der Waals surface area (Å²) in [4.78, 5) is 11.0. The minimum absolute atomic E-state index is 0.0517. The zero-order chi connectivity index (χ0) is 18.1. The second-order valence-electron chi connectivity index (χ2n) is 5.58. The van der Waals surface area contributed by atoms with E-state index in [2.05, 4.69) is 0 Å². The van der Waals surface area contributed by atoms with Gasteiger partial charge in [0.05, 0.1) is 13.2 Å². The lowest BCUT2D eigenvalue weighted by Crippen LogP contribution is -2.10. The number of nitrogens with one attached hydrogen (secondary N) is 1. The van der Waals surface area contributed by atoms with E-state index in [0.29, 0.717) is 24.3 Å². The van der Waals surface area contributed by atoms with Crippen LogP contribution in [0.15, 0.2) is 48.5 Å². The number of amides is 1. The van der Waals surface area contributed by atoms with Gasteiger partial charge in [0.2, 0.25) is 5.91 Å². The summed E-state index contributed by atoms with van der Waals surface area (Å²) < 4.78 is 11.3. The molecule has 0 aliphatic heterocycles. The van der Waals surface area contributed by atoms with Crippen LogP contribution >= 0.6 is 0 Å². The summed E-state index contributed by atoms with van der Waals surface area (Å²) in [7, 11) is 0. The Morgan fingerprint density at radius 1 is 0.760 bits per heavy atom. The SMILES string of the molecule is N=C(N)c1ccc(OCCCCCOc2ccc(C(N)=O)cc2)cc1. The minimum Gasteiger partial charge on any atom is -0.494 e. The van der Waals surface area contributed by atoms with Gasteiger partial charge in [-0.15, -0.1) is 0 Å². The van der Waals surface area contributed by atoms with Crippen molar-refractivity contribution in [3.63, 3.8) is 0 Å². The van der Waals surface area contributed by atoms with Gasteiger partial charge in [-0.2, -0.15) is 0 Å². The first-order chi connectivity index (χ1) is 12.1. The van der Waals surface area contributed by atoms with Crippen LogP contribution in [-0.4, -0.2) is 25.0 Å². The second-order valence-corrected chi connectivity index (χ2v) is 5.58. The average molecular weight is 341 g/mol. The molecule has 132 valence electrons. The van der Waals surface area contributed by atoms with E-state index in [-0.39, 0.29) is 5.84 Å². The molecule has 0 spiro atoms. The van der Waals surface area contributed by atoms with E-state index < -0.39 is 5.91 Å². The number of hydrogen-bond donors (Lipinski definition) is 3. The topological polar surface area (TPSA) is 111 Å². The molecule has 0 radical (unpaired) electrons. The maximum atomic E-state index is 11.0. The second kappa shape index (κ2) is 9.32. The van der Waals surface area contributed by atoms with Crippen molar-refractivity contribution in [1.82, 2.24) is 0 Å². The number of rotatable bonds is 10. The van der Waals surface area contributed by atoms with Gasteiger partial charge in [0.1, 0.15) is 17.3 Å². The molecular weight excluding hydrogens is 318 g/mol. The number of nitrogen functional groups attached to an aromatic ring is 1. The van der Waals surface area contributed by atoms with Crippen molar-refractivity contribution >= 4 is 11.7 Å². The first-order valence-corrected chi connectivity index (χ1v) is 8.16. The largest absolute Gasteiger partial charge is 0.494 e. The fourth-order valence-corrected chi connectivity index (χ4v) is 2.21. The first kappa shape index (κ1) is 18.3. The monoisotopic (exact) mass is 341 g/mol. The normalized spacial score (nSPS) is 10.2. The van der Waals surface area contributed by atoms with Gasteiger partial charge in [0, 0.05) is 11.1 Å².